The Balaban J connectivity index is 1.87. The van der Waals surface area contributed by atoms with E-state index in [9.17, 15) is 13.6 Å². The number of hydrogen-bond acceptors (Lipinski definition) is 2. The average Bonchev–Trinajstić information content (AvgIpc) is 2.85. The molecular formula is C13H15BrF2N2O. The molecule has 1 fully saturated rings. The molecule has 2 N–H and O–H groups in total. The van der Waals surface area contributed by atoms with Gasteiger partial charge < -0.3 is 10.6 Å². The van der Waals surface area contributed by atoms with Crippen molar-refractivity contribution in [2.45, 2.75) is 31.7 Å². The molecule has 1 aliphatic rings. The summed E-state index contributed by atoms with van der Waals surface area (Å²) in [6.07, 6.45) is 4.28. The van der Waals surface area contributed by atoms with Crippen molar-refractivity contribution in [3.8, 4) is 0 Å². The molecule has 6 heteroatoms. The van der Waals surface area contributed by atoms with Gasteiger partial charge in [-0.1, -0.05) is 12.8 Å². The number of halogens is 3. The highest BCUT2D eigenvalue weighted by atomic mass is 79.9. The Bertz CT molecular complexity index is 476. The van der Waals surface area contributed by atoms with E-state index in [0.29, 0.717) is 0 Å². The smallest absolute Gasteiger partial charge is 0.239 e. The molecule has 0 aromatic heterocycles. The maximum absolute atomic E-state index is 13.4. The molecule has 1 aliphatic carbocycles. The van der Waals surface area contributed by atoms with E-state index in [4.69, 9.17) is 0 Å². The molecule has 104 valence electrons. The number of nitrogens with one attached hydrogen (secondary N) is 2. The lowest BCUT2D eigenvalue weighted by molar-refractivity contribution is -0.120. The molecule has 2 rings (SSSR count). The highest BCUT2D eigenvalue weighted by Crippen LogP contribution is 2.23. The molecule has 0 spiro atoms. The molecule has 1 aromatic carbocycles. The van der Waals surface area contributed by atoms with Gasteiger partial charge in [0, 0.05) is 12.1 Å². The molecule has 0 heterocycles. The van der Waals surface area contributed by atoms with E-state index < -0.39 is 11.6 Å². The van der Waals surface area contributed by atoms with Crippen LogP contribution in [0.2, 0.25) is 0 Å². The fourth-order valence-electron chi connectivity index (χ4n) is 2.18. The normalized spacial score (nSPS) is 15.5. The van der Waals surface area contributed by atoms with Gasteiger partial charge in [0.05, 0.1) is 16.7 Å². The van der Waals surface area contributed by atoms with Crippen LogP contribution in [-0.2, 0) is 4.79 Å². The lowest BCUT2D eigenvalue weighted by Crippen LogP contribution is -2.36. The summed E-state index contributed by atoms with van der Waals surface area (Å²) in [4.78, 5) is 11.7. The van der Waals surface area contributed by atoms with Gasteiger partial charge in [0.1, 0.15) is 11.6 Å². The number of hydrogen-bond donors (Lipinski definition) is 2. The highest BCUT2D eigenvalue weighted by molar-refractivity contribution is 9.10. The van der Waals surface area contributed by atoms with Crippen LogP contribution in [0.1, 0.15) is 25.7 Å². The number of carbonyl (C=O) groups is 1. The number of benzene rings is 1. The second-order valence-electron chi connectivity index (χ2n) is 4.65. The summed E-state index contributed by atoms with van der Waals surface area (Å²) in [6.45, 7) is -0.0223. The fourth-order valence-corrected chi connectivity index (χ4v) is 2.53. The summed E-state index contributed by atoms with van der Waals surface area (Å²) in [5.74, 6) is -1.56. The van der Waals surface area contributed by atoms with E-state index in [1.165, 1.54) is 6.07 Å². The van der Waals surface area contributed by atoms with Crippen molar-refractivity contribution in [2.24, 2.45) is 0 Å². The molecule has 19 heavy (non-hydrogen) atoms. The van der Waals surface area contributed by atoms with Crippen molar-refractivity contribution in [3.63, 3.8) is 0 Å². The van der Waals surface area contributed by atoms with E-state index in [-0.39, 0.29) is 28.7 Å². The van der Waals surface area contributed by atoms with Crippen LogP contribution in [0.5, 0.6) is 0 Å². The van der Waals surface area contributed by atoms with Crippen molar-refractivity contribution in [1.29, 1.82) is 0 Å². The molecule has 0 saturated heterocycles. The SMILES string of the molecule is O=C(CNc1cc(Br)c(F)cc1F)NC1CCCC1. The molecule has 0 unspecified atom stereocenters. The highest BCUT2D eigenvalue weighted by Gasteiger charge is 2.17. The van der Waals surface area contributed by atoms with Crippen molar-refractivity contribution in [1.82, 2.24) is 5.32 Å². The first-order chi connectivity index (χ1) is 9.06. The molecule has 3 nitrogen and oxygen atoms in total. The van der Waals surface area contributed by atoms with E-state index >= 15 is 0 Å². The first kappa shape index (κ1) is 14.2. The van der Waals surface area contributed by atoms with Gasteiger partial charge in [-0.25, -0.2) is 8.78 Å². The average molecular weight is 333 g/mol. The zero-order chi connectivity index (χ0) is 13.8. The molecule has 0 aliphatic heterocycles. The minimum Gasteiger partial charge on any atom is -0.374 e. The monoisotopic (exact) mass is 332 g/mol. The van der Waals surface area contributed by atoms with Gasteiger partial charge in [0.2, 0.25) is 5.91 Å². The van der Waals surface area contributed by atoms with Gasteiger partial charge in [0.25, 0.3) is 0 Å². The lowest BCUT2D eigenvalue weighted by atomic mass is 10.2. The Morgan fingerprint density at radius 2 is 1.95 bits per heavy atom. The van der Waals surface area contributed by atoms with Gasteiger partial charge in [-0.3, -0.25) is 4.79 Å². The van der Waals surface area contributed by atoms with Gasteiger partial charge in [0.15, 0.2) is 0 Å². The molecular weight excluding hydrogens is 318 g/mol. The topological polar surface area (TPSA) is 41.1 Å². The maximum Gasteiger partial charge on any atom is 0.239 e. The van der Waals surface area contributed by atoms with Gasteiger partial charge >= 0.3 is 0 Å². The zero-order valence-corrected chi connectivity index (χ0v) is 11.9. The first-order valence-electron chi connectivity index (χ1n) is 6.24. The number of rotatable bonds is 4. The molecule has 1 saturated carbocycles. The van der Waals surface area contributed by atoms with Crippen molar-refractivity contribution < 1.29 is 13.6 Å². The van der Waals surface area contributed by atoms with Crippen LogP contribution >= 0.6 is 15.9 Å². The summed E-state index contributed by atoms with van der Waals surface area (Å²) in [5.41, 5.74) is 0.106. The predicted octanol–water partition coefficient (Wildman–Crippen LogP) is 3.20. The van der Waals surface area contributed by atoms with Gasteiger partial charge in [-0.2, -0.15) is 0 Å². The standard InChI is InChI=1S/C13H15BrF2N2O/c14-9-5-12(11(16)6-10(9)15)17-7-13(19)18-8-3-1-2-4-8/h5-6,8,17H,1-4,7H2,(H,18,19). The third-order valence-electron chi connectivity index (χ3n) is 3.17. The van der Waals surface area contributed by atoms with Crippen molar-refractivity contribution in [3.05, 3.63) is 28.2 Å². The third kappa shape index (κ3) is 3.89. The second-order valence-corrected chi connectivity index (χ2v) is 5.50. The van der Waals surface area contributed by atoms with Crippen molar-refractivity contribution in [2.75, 3.05) is 11.9 Å². The number of carbonyl (C=O) groups excluding carboxylic acids is 1. The van der Waals surface area contributed by atoms with Crippen LogP contribution in [0.3, 0.4) is 0 Å². The van der Waals surface area contributed by atoms with Crippen molar-refractivity contribution >= 4 is 27.5 Å². The fraction of sp³-hybridized carbons (Fsp3) is 0.462. The van der Waals surface area contributed by atoms with E-state index in [0.717, 1.165) is 31.7 Å². The van der Waals surface area contributed by atoms with Crippen LogP contribution < -0.4 is 10.6 Å². The summed E-state index contributed by atoms with van der Waals surface area (Å²) in [6, 6.07) is 2.30. The second kappa shape index (κ2) is 6.32. The minimum atomic E-state index is -0.714. The molecule has 0 bridgehead atoms. The van der Waals surface area contributed by atoms with E-state index in [1.54, 1.807) is 0 Å². The third-order valence-corrected chi connectivity index (χ3v) is 3.78. The lowest BCUT2D eigenvalue weighted by Gasteiger charge is -2.13. The summed E-state index contributed by atoms with van der Waals surface area (Å²) in [5, 5.41) is 5.56. The van der Waals surface area contributed by atoms with Gasteiger partial charge in [-0.05, 0) is 34.8 Å². The largest absolute Gasteiger partial charge is 0.374 e. The Labute approximate surface area is 118 Å². The predicted molar refractivity (Wildman–Crippen MR) is 72.9 cm³/mol. The van der Waals surface area contributed by atoms with E-state index in [2.05, 4.69) is 26.6 Å². The van der Waals surface area contributed by atoms with Crippen LogP contribution in [0, 0.1) is 11.6 Å². The van der Waals surface area contributed by atoms with E-state index in [1.807, 2.05) is 0 Å². The summed E-state index contributed by atoms with van der Waals surface area (Å²) in [7, 11) is 0. The Morgan fingerprint density at radius 1 is 1.26 bits per heavy atom. The summed E-state index contributed by atoms with van der Waals surface area (Å²) < 4.78 is 26.6. The number of amides is 1. The summed E-state index contributed by atoms with van der Waals surface area (Å²) >= 11 is 2.98. The zero-order valence-electron chi connectivity index (χ0n) is 10.3. The molecule has 1 amide bonds. The Hall–Kier alpha value is -1.17. The van der Waals surface area contributed by atoms with Crippen LogP contribution in [0.25, 0.3) is 0 Å². The molecule has 0 atom stereocenters. The van der Waals surface area contributed by atoms with Crippen LogP contribution in [0.15, 0.2) is 16.6 Å². The molecule has 1 aromatic rings. The van der Waals surface area contributed by atoms with Crippen LogP contribution in [-0.4, -0.2) is 18.5 Å². The van der Waals surface area contributed by atoms with Gasteiger partial charge in [-0.15, -0.1) is 0 Å². The molecule has 0 radical (unpaired) electrons. The Morgan fingerprint density at radius 3 is 2.63 bits per heavy atom. The first-order valence-corrected chi connectivity index (χ1v) is 7.03. The minimum absolute atomic E-state index is 0.0223. The quantitative estimate of drug-likeness (QED) is 0.831. The van der Waals surface area contributed by atoms with Crippen LogP contribution in [0.4, 0.5) is 14.5 Å². The Kier molecular flexibility index (Phi) is 4.74. The maximum atomic E-state index is 13.4. The number of anilines is 1.